The second-order valence-corrected chi connectivity index (χ2v) is 6.78. The fourth-order valence-corrected chi connectivity index (χ4v) is 3.74. The van der Waals surface area contributed by atoms with Crippen molar-refractivity contribution in [3.63, 3.8) is 0 Å². The molecule has 0 saturated heterocycles. The highest BCUT2D eigenvalue weighted by Crippen LogP contribution is 2.26. The number of imidazole rings is 1. The van der Waals surface area contributed by atoms with Gasteiger partial charge in [-0.15, -0.1) is 0 Å². The monoisotopic (exact) mass is 377 g/mol. The quantitative estimate of drug-likeness (QED) is 0.493. The molecule has 136 valence electrons. The number of nitrogen functional groups attached to an aromatic ring is 1. The lowest BCUT2D eigenvalue weighted by Crippen LogP contribution is -2.07. The highest BCUT2D eigenvalue weighted by molar-refractivity contribution is 7.98. The number of anilines is 3. The molecular formula is C19H19N7S. The maximum absolute atomic E-state index is 5.87. The summed E-state index contributed by atoms with van der Waals surface area (Å²) in [6.45, 7) is 2.96. The van der Waals surface area contributed by atoms with Gasteiger partial charge >= 0.3 is 0 Å². The van der Waals surface area contributed by atoms with Crippen LogP contribution >= 0.6 is 11.8 Å². The molecule has 0 radical (unpaired) electrons. The van der Waals surface area contributed by atoms with Crippen molar-refractivity contribution in [2.75, 3.05) is 11.1 Å². The van der Waals surface area contributed by atoms with Gasteiger partial charge in [0.2, 0.25) is 11.9 Å². The number of benzene rings is 2. The van der Waals surface area contributed by atoms with Crippen molar-refractivity contribution in [1.82, 2.24) is 24.5 Å². The molecule has 4 aromatic rings. The third kappa shape index (κ3) is 3.85. The van der Waals surface area contributed by atoms with E-state index >= 15 is 0 Å². The highest BCUT2D eigenvalue weighted by atomic mass is 32.2. The molecule has 8 heteroatoms. The first-order chi connectivity index (χ1) is 13.2. The fourth-order valence-electron chi connectivity index (χ4n) is 2.81. The van der Waals surface area contributed by atoms with E-state index in [9.17, 15) is 0 Å². The average molecular weight is 377 g/mol. The van der Waals surface area contributed by atoms with Crippen molar-refractivity contribution in [3.05, 3.63) is 60.4 Å². The topological polar surface area (TPSA) is 94.5 Å². The Kier molecular flexibility index (Phi) is 4.88. The predicted octanol–water partition coefficient (Wildman–Crippen LogP) is 3.86. The molecule has 0 aliphatic heterocycles. The second-order valence-electron chi connectivity index (χ2n) is 5.84. The number of rotatable bonds is 6. The van der Waals surface area contributed by atoms with Crippen LogP contribution < -0.4 is 11.1 Å². The van der Waals surface area contributed by atoms with Crippen LogP contribution in [-0.2, 0) is 12.3 Å². The minimum Gasteiger partial charge on any atom is -0.368 e. The largest absolute Gasteiger partial charge is 0.368 e. The molecule has 0 unspecified atom stereocenters. The molecular weight excluding hydrogens is 358 g/mol. The first-order valence-electron chi connectivity index (χ1n) is 8.63. The number of nitrogens with two attached hydrogens (primary N) is 1. The van der Waals surface area contributed by atoms with Crippen molar-refractivity contribution < 1.29 is 0 Å². The Bertz CT molecular complexity index is 1060. The van der Waals surface area contributed by atoms with Crippen LogP contribution in [0.2, 0.25) is 0 Å². The number of hydrogen-bond acceptors (Lipinski definition) is 7. The molecule has 0 atom stereocenters. The standard InChI is InChI=1S/C19H19N7S/c1-2-26-15-11-7-6-10-14(15)22-19(26)27-12-16-23-17(20)25-18(24-16)21-13-8-4-3-5-9-13/h3-11H,2,12H2,1H3,(H3,20,21,23,24,25). The van der Waals surface area contributed by atoms with E-state index in [-0.39, 0.29) is 5.95 Å². The lowest BCUT2D eigenvalue weighted by molar-refractivity contribution is 0.702. The predicted molar refractivity (Wildman–Crippen MR) is 109 cm³/mol. The minimum absolute atomic E-state index is 0.197. The van der Waals surface area contributed by atoms with Crippen molar-refractivity contribution >= 4 is 40.4 Å². The molecule has 27 heavy (non-hydrogen) atoms. The van der Waals surface area contributed by atoms with Crippen molar-refractivity contribution in [3.8, 4) is 0 Å². The van der Waals surface area contributed by atoms with Gasteiger partial charge in [-0.25, -0.2) is 4.98 Å². The van der Waals surface area contributed by atoms with E-state index in [2.05, 4.69) is 37.8 Å². The Morgan fingerprint density at radius 2 is 1.74 bits per heavy atom. The highest BCUT2D eigenvalue weighted by Gasteiger charge is 2.12. The first-order valence-corrected chi connectivity index (χ1v) is 9.62. The zero-order valence-electron chi connectivity index (χ0n) is 14.8. The molecule has 7 nitrogen and oxygen atoms in total. The number of thioether (sulfide) groups is 1. The number of nitrogens with one attached hydrogen (secondary N) is 1. The van der Waals surface area contributed by atoms with Crippen molar-refractivity contribution in [1.29, 1.82) is 0 Å². The Morgan fingerprint density at radius 3 is 2.56 bits per heavy atom. The summed E-state index contributed by atoms with van der Waals surface area (Å²) >= 11 is 1.59. The van der Waals surface area contributed by atoms with E-state index < -0.39 is 0 Å². The van der Waals surface area contributed by atoms with Crippen LogP contribution in [0.5, 0.6) is 0 Å². The van der Waals surface area contributed by atoms with E-state index in [1.807, 2.05) is 48.5 Å². The third-order valence-electron chi connectivity index (χ3n) is 4.00. The second kappa shape index (κ2) is 7.63. The summed E-state index contributed by atoms with van der Waals surface area (Å²) in [4.78, 5) is 17.6. The van der Waals surface area contributed by atoms with Gasteiger partial charge in [-0.05, 0) is 31.2 Å². The number of aromatic nitrogens is 5. The molecule has 2 aromatic heterocycles. The van der Waals surface area contributed by atoms with Gasteiger partial charge < -0.3 is 15.6 Å². The van der Waals surface area contributed by atoms with Gasteiger partial charge in [0.1, 0.15) is 5.82 Å². The van der Waals surface area contributed by atoms with Gasteiger partial charge in [-0.2, -0.15) is 15.0 Å². The zero-order valence-corrected chi connectivity index (χ0v) is 15.6. The number of aryl methyl sites for hydroxylation is 1. The van der Waals surface area contributed by atoms with Gasteiger partial charge in [0.25, 0.3) is 0 Å². The van der Waals surface area contributed by atoms with Crippen LogP contribution in [-0.4, -0.2) is 24.5 Å². The number of hydrogen-bond donors (Lipinski definition) is 2. The summed E-state index contributed by atoms with van der Waals surface area (Å²) in [5, 5.41) is 4.10. The lowest BCUT2D eigenvalue weighted by Gasteiger charge is -2.08. The fraction of sp³-hybridized carbons (Fsp3) is 0.158. The van der Waals surface area contributed by atoms with Crippen LogP contribution in [0.4, 0.5) is 17.6 Å². The molecule has 0 bridgehead atoms. The van der Waals surface area contributed by atoms with E-state index in [4.69, 9.17) is 10.7 Å². The summed E-state index contributed by atoms with van der Waals surface area (Å²) in [5.74, 6) is 1.80. The summed E-state index contributed by atoms with van der Waals surface area (Å²) < 4.78 is 2.19. The van der Waals surface area contributed by atoms with Gasteiger partial charge in [-0.3, -0.25) is 0 Å². The maximum atomic E-state index is 5.87. The van der Waals surface area contributed by atoms with Crippen LogP contribution in [0, 0.1) is 0 Å². The molecule has 0 saturated carbocycles. The van der Waals surface area contributed by atoms with Crippen molar-refractivity contribution in [2.24, 2.45) is 0 Å². The molecule has 0 aliphatic rings. The smallest absolute Gasteiger partial charge is 0.232 e. The summed E-state index contributed by atoms with van der Waals surface area (Å²) in [6, 6.07) is 17.9. The number of fused-ring (bicyclic) bond motifs is 1. The molecule has 0 spiro atoms. The normalized spacial score (nSPS) is 11.0. The maximum Gasteiger partial charge on any atom is 0.232 e. The summed E-state index contributed by atoms with van der Waals surface area (Å²) in [7, 11) is 0. The SMILES string of the molecule is CCn1c(SCc2nc(N)nc(Nc3ccccc3)n2)nc2ccccc21. The average Bonchev–Trinajstić information content (AvgIpc) is 3.04. The molecule has 0 aliphatic carbocycles. The van der Waals surface area contributed by atoms with E-state index in [1.54, 1.807) is 11.8 Å². The Hall–Kier alpha value is -3.13. The minimum atomic E-state index is 0.197. The van der Waals surface area contributed by atoms with Crippen LogP contribution in [0.25, 0.3) is 11.0 Å². The molecule has 3 N–H and O–H groups in total. The van der Waals surface area contributed by atoms with Gasteiger partial charge in [-0.1, -0.05) is 42.1 Å². The summed E-state index contributed by atoms with van der Waals surface area (Å²) in [5.41, 5.74) is 8.88. The van der Waals surface area contributed by atoms with Gasteiger partial charge in [0.05, 0.1) is 16.8 Å². The Balaban J connectivity index is 1.55. The molecule has 2 heterocycles. The van der Waals surface area contributed by atoms with E-state index in [1.165, 1.54) is 0 Å². The number of para-hydroxylation sites is 3. The molecule has 2 aromatic carbocycles. The Morgan fingerprint density at radius 1 is 0.963 bits per heavy atom. The van der Waals surface area contributed by atoms with Crippen LogP contribution in [0.3, 0.4) is 0 Å². The third-order valence-corrected chi connectivity index (χ3v) is 4.97. The van der Waals surface area contributed by atoms with E-state index in [0.29, 0.717) is 17.5 Å². The van der Waals surface area contributed by atoms with Gasteiger partial charge in [0.15, 0.2) is 5.16 Å². The summed E-state index contributed by atoms with van der Waals surface area (Å²) in [6.07, 6.45) is 0. The molecule has 4 rings (SSSR count). The van der Waals surface area contributed by atoms with Crippen molar-refractivity contribution in [2.45, 2.75) is 24.4 Å². The molecule has 0 fully saturated rings. The first kappa shape index (κ1) is 17.3. The van der Waals surface area contributed by atoms with Crippen LogP contribution in [0.1, 0.15) is 12.7 Å². The Labute approximate surface area is 161 Å². The zero-order chi connectivity index (χ0) is 18.6. The lowest BCUT2D eigenvalue weighted by atomic mass is 10.3. The molecule has 0 amide bonds. The van der Waals surface area contributed by atoms with Crippen LogP contribution in [0.15, 0.2) is 59.8 Å². The van der Waals surface area contributed by atoms with Gasteiger partial charge in [0, 0.05) is 12.2 Å². The van der Waals surface area contributed by atoms with E-state index in [0.717, 1.165) is 28.4 Å². The number of nitrogens with zero attached hydrogens (tertiary/aromatic N) is 5.